The Kier molecular flexibility index (Phi) is 5.82. The van der Waals surface area contributed by atoms with Crippen molar-refractivity contribution in [3.05, 3.63) is 16.4 Å². The van der Waals surface area contributed by atoms with E-state index in [-0.39, 0.29) is 24.3 Å². The number of amides is 1. The maximum Gasteiger partial charge on any atom is 0.256 e. The smallest absolute Gasteiger partial charge is 0.256 e. The number of hydrogen-bond acceptors (Lipinski definition) is 3. The van der Waals surface area contributed by atoms with E-state index in [0.717, 1.165) is 0 Å². The Labute approximate surface area is 118 Å². The number of hydrogen-bond donors (Lipinski definition) is 2. The normalized spacial score (nSPS) is 12.8. The summed E-state index contributed by atoms with van der Waals surface area (Å²) in [6, 6.07) is 0. The fourth-order valence-corrected chi connectivity index (χ4v) is 2.04. The van der Waals surface area contributed by atoms with Crippen LogP contribution in [-0.4, -0.2) is 33.9 Å². The standard InChI is InChI=1S/C13H22ClN3O2/c1-8(2)11-10(12(14)17(4)16-11)13(19)15-7-9(3)5-6-18/h8-9,18H,5-7H2,1-4H3,(H,15,19). The van der Waals surface area contributed by atoms with Crippen molar-refractivity contribution in [3.8, 4) is 0 Å². The van der Waals surface area contributed by atoms with Gasteiger partial charge < -0.3 is 10.4 Å². The molecule has 0 fully saturated rings. The molecule has 0 spiro atoms. The van der Waals surface area contributed by atoms with Gasteiger partial charge in [0, 0.05) is 20.2 Å². The Morgan fingerprint density at radius 1 is 1.47 bits per heavy atom. The van der Waals surface area contributed by atoms with Crippen LogP contribution in [0.15, 0.2) is 0 Å². The molecule has 0 saturated heterocycles. The fraction of sp³-hybridized carbons (Fsp3) is 0.692. The molecule has 1 atom stereocenters. The zero-order chi connectivity index (χ0) is 14.6. The number of aliphatic hydroxyl groups excluding tert-OH is 1. The highest BCUT2D eigenvalue weighted by Crippen LogP contribution is 2.25. The van der Waals surface area contributed by atoms with E-state index in [2.05, 4.69) is 10.4 Å². The minimum atomic E-state index is -0.202. The Hall–Kier alpha value is -1.07. The van der Waals surface area contributed by atoms with Gasteiger partial charge in [-0.05, 0) is 18.3 Å². The first-order valence-corrected chi connectivity index (χ1v) is 6.87. The molecular formula is C13H22ClN3O2. The molecule has 5 nitrogen and oxygen atoms in total. The summed E-state index contributed by atoms with van der Waals surface area (Å²) < 4.78 is 1.52. The topological polar surface area (TPSA) is 67.2 Å². The highest BCUT2D eigenvalue weighted by atomic mass is 35.5. The second kappa shape index (κ2) is 6.91. The van der Waals surface area contributed by atoms with Crippen LogP contribution in [0.4, 0.5) is 0 Å². The SMILES string of the molecule is CC(CCO)CNC(=O)c1c(C(C)C)nn(C)c1Cl. The van der Waals surface area contributed by atoms with Gasteiger partial charge in [-0.15, -0.1) is 0 Å². The Balaban J connectivity index is 2.82. The fourth-order valence-electron chi connectivity index (χ4n) is 1.81. The minimum Gasteiger partial charge on any atom is -0.396 e. The molecule has 6 heteroatoms. The summed E-state index contributed by atoms with van der Waals surface area (Å²) in [5, 5.41) is 16.3. The lowest BCUT2D eigenvalue weighted by Gasteiger charge is -2.12. The Morgan fingerprint density at radius 3 is 2.63 bits per heavy atom. The largest absolute Gasteiger partial charge is 0.396 e. The molecule has 1 rings (SSSR count). The van der Waals surface area contributed by atoms with E-state index < -0.39 is 0 Å². The van der Waals surface area contributed by atoms with Crippen molar-refractivity contribution >= 4 is 17.5 Å². The molecule has 1 aromatic heterocycles. The van der Waals surface area contributed by atoms with Crippen molar-refractivity contribution in [1.29, 1.82) is 0 Å². The lowest BCUT2D eigenvalue weighted by Crippen LogP contribution is -2.29. The van der Waals surface area contributed by atoms with Crippen molar-refractivity contribution in [2.45, 2.75) is 33.1 Å². The van der Waals surface area contributed by atoms with E-state index in [4.69, 9.17) is 16.7 Å². The predicted molar refractivity (Wildman–Crippen MR) is 75.5 cm³/mol. The molecule has 1 aromatic rings. The number of aryl methyl sites for hydroxylation is 1. The summed E-state index contributed by atoms with van der Waals surface area (Å²) in [7, 11) is 1.72. The van der Waals surface area contributed by atoms with Crippen LogP contribution in [0, 0.1) is 5.92 Å². The molecule has 1 heterocycles. The predicted octanol–water partition coefficient (Wildman–Crippen LogP) is 1.95. The summed E-state index contributed by atoms with van der Waals surface area (Å²) in [5.74, 6) is 0.160. The molecule has 1 amide bonds. The highest BCUT2D eigenvalue weighted by molar-refractivity contribution is 6.33. The van der Waals surface area contributed by atoms with Gasteiger partial charge in [-0.3, -0.25) is 9.48 Å². The number of nitrogens with zero attached hydrogens (tertiary/aromatic N) is 2. The molecule has 108 valence electrons. The average Bonchev–Trinajstić information content (AvgIpc) is 2.64. The second-order valence-electron chi connectivity index (χ2n) is 5.16. The van der Waals surface area contributed by atoms with Crippen molar-refractivity contribution in [2.24, 2.45) is 13.0 Å². The molecule has 19 heavy (non-hydrogen) atoms. The first-order chi connectivity index (χ1) is 8.88. The number of nitrogens with one attached hydrogen (secondary N) is 1. The van der Waals surface area contributed by atoms with Crippen LogP contribution in [0.25, 0.3) is 0 Å². The van der Waals surface area contributed by atoms with Crippen molar-refractivity contribution in [2.75, 3.05) is 13.2 Å². The van der Waals surface area contributed by atoms with Gasteiger partial charge in [0.2, 0.25) is 0 Å². The van der Waals surface area contributed by atoms with E-state index in [1.54, 1.807) is 7.05 Å². The van der Waals surface area contributed by atoms with Crippen molar-refractivity contribution < 1.29 is 9.90 Å². The third-order valence-corrected chi connectivity index (χ3v) is 3.44. The maximum atomic E-state index is 12.2. The highest BCUT2D eigenvalue weighted by Gasteiger charge is 2.23. The first-order valence-electron chi connectivity index (χ1n) is 6.49. The molecule has 0 radical (unpaired) electrons. The van der Waals surface area contributed by atoms with Crippen LogP contribution >= 0.6 is 11.6 Å². The quantitative estimate of drug-likeness (QED) is 0.840. The van der Waals surface area contributed by atoms with Crippen molar-refractivity contribution in [3.63, 3.8) is 0 Å². The third kappa shape index (κ3) is 3.94. The van der Waals surface area contributed by atoms with Crippen LogP contribution < -0.4 is 5.32 Å². The molecule has 0 aliphatic heterocycles. The zero-order valence-corrected chi connectivity index (χ0v) is 12.7. The number of halogens is 1. The van der Waals surface area contributed by atoms with Crippen LogP contribution in [0.1, 0.15) is 49.2 Å². The Bertz CT molecular complexity index is 443. The molecule has 0 aliphatic rings. The monoisotopic (exact) mass is 287 g/mol. The second-order valence-corrected chi connectivity index (χ2v) is 5.51. The molecule has 2 N–H and O–H groups in total. The van der Waals surface area contributed by atoms with Gasteiger partial charge in [0.25, 0.3) is 5.91 Å². The zero-order valence-electron chi connectivity index (χ0n) is 11.9. The van der Waals surface area contributed by atoms with Gasteiger partial charge in [0.1, 0.15) is 5.15 Å². The van der Waals surface area contributed by atoms with Gasteiger partial charge >= 0.3 is 0 Å². The molecule has 0 aromatic carbocycles. The van der Waals surface area contributed by atoms with E-state index in [1.165, 1.54) is 4.68 Å². The molecule has 0 bridgehead atoms. The van der Waals surface area contributed by atoms with Crippen LogP contribution in [0.5, 0.6) is 0 Å². The van der Waals surface area contributed by atoms with E-state index in [0.29, 0.717) is 29.4 Å². The first kappa shape index (κ1) is 16.0. The molecule has 1 unspecified atom stereocenters. The van der Waals surface area contributed by atoms with E-state index in [1.807, 2.05) is 20.8 Å². The van der Waals surface area contributed by atoms with Crippen LogP contribution in [-0.2, 0) is 7.05 Å². The summed E-state index contributed by atoms with van der Waals surface area (Å²) >= 11 is 6.13. The molecule has 0 aliphatic carbocycles. The number of carbonyl (C=O) groups is 1. The third-order valence-electron chi connectivity index (χ3n) is 3.01. The lowest BCUT2D eigenvalue weighted by atomic mass is 10.1. The minimum absolute atomic E-state index is 0.127. The number of aromatic nitrogens is 2. The van der Waals surface area contributed by atoms with Gasteiger partial charge in [0.15, 0.2) is 0 Å². The van der Waals surface area contributed by atoms with Crippen LogP contribution in [0.3, 0.4) is 0 Å². The van der Waals surface area contributed by atoms with Gasteiger partial charge in [0.05, 0.1) is 11.3 Å². The Morgan fingerprint density at radius 2 is 2.11 bits per heavy atom. The maximum absolute atomic E-state index is 12.2. The summed E-state index contributed by atoms with van der Waals surface area (Å²) in [6.45, 7) is 6.57. The van der Waals surface area contributed by atoms with Crippen LogP contribution in [0.2, 0.25) is 5.15 Å². The summed E-state index contributed by atoms with van der Waals surface area (Å²) in [6.07, 6.45) is 0.665. The van der Waals surface area contributed by atoms with Gasteiger partial charge in [-0.1, -0.05) is 32.4 Å². The average molecular weight is 288 g/mol. The van der Waals surface area contributed by atoms with E-state index >= 15 is 0 Å². The molecule has 0 saturated carbocycles. The summed E-state index contributed by atoms with van der Waals surface area (Å²) in [5.41, 5.74) is 1.16. The van der Waals surface area contributed by atoms with Gasteiger partial charge in [-0.25, -0.2) is 0 Å². The number of carbonyl (C=O) groups excluding carboxylic acids is 1. The van der Waals surface area contributed by atoms with E-state index in [9.17, 15) is 4.79 Å². The molecular weight excluding hydrogens is 266 g/mol. The van der Waals surface area contributed by atoms with Gasteiger partial charge in [-0.2, -0.15) is 5.10 Å². The van der Waals surface area contributed by atoms with Crippen molar-refractivity contribution in [1.82, 2.24) is 15.1 Å². The number of aliphatic hydroxyl groups is 1. The lowest BCUT2D eigenvalue weighted by molar-refractivity contribution is 0.0944. The summed E-state index contributed by atoms with van der Waals surface area (Å²) in [4.78, 5) is 12.2. The number of rotatable bonds is 6.